The fourth-order valence-electron chi connectivity index (χ4n) is 4.90. The largest absolute Gasteiger partial charge is 0.460 e. The van der Waals surface area contributed by atoms with Crippen LogP contribution in [0.1, 0.15) is 24.0 Å². The zero-order valence-corrected chi connectivity index (χ0v) is 23.8. The van der Waals surface area contributed by atoms with E-state index in [9.17, 15) is 14.9 Å². The first-order chi connectivity index (χ1) is 20.0. The van der Waals surface area contributed by atoms with Gasteiger partial charge in [0.25, 0.3) is 0 Å². The summed E-state index contributed by atoms with van der Waals surface area (Å²) in [4.78, 5) is 31.1. The van der Waals surface area contributed by atoms with Crippen LogP contribution < -0.4 is 5.32 Å². The molecule has 5 rings (SSSR count). The van der Waals surface area contributed by atoms with Gasteiger partial charge in [-0.2, -0.15) is 5.26 Å². The number of aliphatic imine (C=N–C) groups is 1. The first kappa shape index (κ1) is 28.2. The van der Waals surface area contributed by atoms with Crippen LogP contribution in [0.25, 0.3) is 10.8 Å². The number of fused-ring (bicyclic) bond motifs is 1. The average Bonchev–Trinajstić information content (AvgIpc) is 2.99. The van der Waals surface area contributed by atoms with E-state index in [0.717, 1.165) is 28.1 Å². The molecule has 1 unspecified atom stereocenters. The summed E-state index contributed by atoms with van der Waals surface area (Å²) in [5.41, 5.74) is 2.95. The minimum atomic E-state index is -0.845. The van der Waals surface area contributed by atoms with Crippen LogP contribution in [0.4, 0.5) is 5.69 Å². The van der Waals surface area contributed by atoms with E-state index in [1.807, 2.05) is 78.9 Å². The molecule has 41 heavy (non-hydrogen) atoms. The number of carbonyl (C=O) groups is 2. The summed E-state index contributed by atoms with van der Waals surface area (Å²) in [6.45, 7) is 1.84. The van der Waals surface area contributed by atoms with Crippen LogP contribution in [0, 0.1) is 17.2 Å². The van der Waals surface area contributed by atoms with E-state index in [4.69, 9.17) is 16.3 Å². The fourth-order valence-corrected chi connectivity index (χ4v) is 6.03. The number of anilines is 1. The quantitative estimate of drug-likeness (QED) is 0.218. The maximum atomic E-state index is 13.5. The molecule has 0 saturated carbocycles. The van der Waals surface area contributed by atoms with Crippen LogP contribution in [-0.2, 0) is 20.9 Å². The normalized spacial score (nSPS) is 16.6. The number of hydrogen-bond donors (Lipinski definition) is 1. The van der Waals surface area contributed by atoms with E-state index in [-0.39, 0.29) is 23.8 Å². The summed E-state index contributed by atoms with van der Waals surface area (Å²) in [6, 6.07) is 32.3. The number of hydrogen-bond acceptors (Lipinski definition) is 6. The number of thioether (sulfide) groups is 1. The summed E-state index contributed by atoms with van der Waals surface area (Å²) in [6.07, 6.45) is 0. The Kier molecular flexibility index (Phi) is 8.83. The summed E-state index contributed by atoms with van der Waals surface area (Å²) < 4.78 is 5.69. The number of amides is 1. The van der Waals surface area contributed by atoms with Crippen molar-refractivity contribution in [2.45, 2.75) is 19.4 Å². The maximum absolute atomic E-state index is 13.5. The number of nitrogens with zero attached hydrogens (tertiary/aromatic N) is 2. The standard InChI is InChI=1S/C33H26ClN3O3S/c1-21-30(33(39)40-19-22-10-3-2-4-11-22)31(25-15-7-8-16-27(25)34)26(18-35)32(36-21)41-20-29(38)37-28-17-9-13-23-12-5-6-14-24(23)28/h2-17,30-31H,19-20H2,1H3,(H,37,38)/t30?,31-/m1/s1. The van der Waals surface area contributed by atoms with Gasteiger partial charge in [-0.1, -0.05) is 108 Å². The number of esters is 1. The lowest BCUT2D eigenvalue weighted by atomic mass is 9.77. The minimum Gasteiger partial charge on any atom is -0.460 e. The molecule has 8 heteroatoms. The van der Waals surface area contributed by atoms with E-state index >= 15 is 0 Å². The van der Waals surface area contributed by atoms with E-state index in [0.29, 0.717) is 27.0 Å². The van der Waals surface area contributed by atoms with Gasteiger partial charge in [0, 0.05) is 27.7 Å². The van der Waals surface area contributed by atoms with Crippen molar-refractivity contribution in [1.29, 1.82) is 5.26 Å². The first-order valence-electron chi connectivity index (χ1n) is 13.0. The van der Waals surface area contributed by atoms with Gasteiger partial charge in [0.1, 0.15) is 17.6 Å². The van der Waals surface area contributed by atoms with E-state index in [1.165, 1.54) is 0 Å². The second kappa shape index (κ2) is 12.9. The molecule has 1 amide bonds. The lowest BCUT2D eigenvalue weighted by Crippen LogP contribution is -2.34. The van der Waals surface area contributed by atoms with Gasteiger partial charge in [0.15, 0.2) is 0 Å². The predicted molar refractivity (Wildman–Crippen MR) is 165 cm³/mol. The molecule has 6 nitrogen and oxygen atoms in total. The van der Waals surface area contributed by atoms with Crippen molar-refractivity contribution in [2.75, 3.05) is 11.1 Å². The molecule has 4 aromatic carbocycles. The highest BCUT2D eigenvalue weighted by atomic mass is 35.5. The van der Waals surface area contributed by atoms with Crippen LogP contribution in [0.3, 0.4) is 0 Å². The van der Waals surface area contributed by atoms with E-state index in [2.05, 4.69) is 16.4 Å². The highest BCUT2D eigenvalue weighted by molar-refractivity contribution is 8.03. The zero-order chi connectivity index (χ0) is 28.8. The summed E-state index contributed by atoms with van der Waals surface area (Å²) in [7, 11) is 0. The van der Waals surface area contributed by atoms with Gasteiger partial charge in [0.05, 0.1) is 17.4 Å². The van der Waals surface area contributed by atoms with Gasteiger partial charge in [0.2, 0.25) is 5.91 Å². The Morgan fingerprint density at radius 1 is 0.976 bits per heavy atom. The zero-order valence-electron chi connectivity index (χ0n) is 22.2. The van der Waals surface area contributed by atoms with Crippen molar-refractivity contribution in [3.8, 4) is 6.07 Å². The second-order valence-electron chi connectivity index (χ2n) is 9.52. The molecule has 1 N–H and O–H groups in total. The number of benzene rings is 4. The molecule has 2 atom stereocenters. The Bertz CT molecular complexity index is 1710. The number of carbonyl (C=O) groups excluding carboxylic acids is 2. The van der Waals surface area contributed by atoms with Crippen LogP contribution in [-0.4, -0.2) is 23.3 Å². The van der Waals surface area contributed by atoms with E-state index < -0.39 is 17.8 Å². The highest BCUT2D eigenvalue weighted by Crippen LogP contribution is 2.44. The molecule has 204 valence electrons. The van der Waals surface area contributed by atoms with Crippen molar-refractivity contribution >= 4 is 57.4 Å². The van der Waals surface area contributed by atoms with Crippen molar-refractivity contribution in [3.05, 3.63) is 124 Å². The van der Waals surface area contributed by atoms with Gasteiger partial charge in [-0.3, -0.25) is 9.59 Å². The lowest BCUT2D eigenvalue weighted by Gasteiger charge is -2.30. The van der Waals surface area contributed by atoms with Crippen LogP contribution in [0.15, 0.2) is 113 Å². The smallest absolute Gasteiger partial charge is 0.316 e. The van der Waals surface area contributed by atoms with Gasteiger partial charge < -0.3 is 10.1 Å². The number of nitrogens with one attached hydrogen (secondary N) is 1. The third-order valence-electron chi connectivity index (χ3n) is 6.85. The van der Waals surface area contributed by atoms with Crippen LogP contribution >= 0.6 is 23.4 Å². The Hall–Kier alpha value is -4.38. The number of allylic oxidation sites excluding steroid dienone is 1. The van der Waals surface area contributed by atoms with Crippen LogP contribution in [0.5, 0.6) is 0 Å². The summed E-state index contributed by atoms with van der Waals surface area (Å²) in [5.74, 6) is -2.26. The van der Waals surface area contributed by atoms with Crippen molar-refractivity contribution in [3.63, 3.8) is 0 Å². The van der Waals surface area contributed by atoms with E-state index in [1.54, 1.807) is 25.1 Å². The number of ether oxygens (including phenoxy) is 1. The molecule has 0 saturated heterocycles. The molecule has 0 spiro atoms. The molecular formula is C33H26ClN3O3S. The third kappa shape index (κ3) is 6.35. The molecule has 1 aliphatic heterocycles. The minimum absolute atomic E-state index is 0.0267. The molecule has 0 bridgehead atoms. The van der Waals surface area contributed by atoms with Gasteiger partial charge >= 0.3 is 5.97 Å². The second-order valence-corrected chi connectivity index (χ2v) is 10.9. The third-order valence-corrected chi connectivity index (χ3v) is 8.18. The molecule has 1 heterocycles. The van der Waals surface area contributed by atoms with Crippen molar-refractivity contribution in [1.82, 2.24) is 0 Å². The molecular weight excluding hydrogens is 554 g/mol. The Labute approximate surface area is 247 Å². The number of nitriles is 1. The van der Waals surface area contributed by atoms with Gasteiger partial charge in [-0.05, 0) is 35.6 Å². The topological polar surface area (TPSA) is 91.5 Å². The summed E-state index contributed by atoms with van der Waals surface area (Å²) in [5, 5.41) is 16.1. The predicted octanol–water partition coefficient (Wildman–Crippen LogP) is 7.52. The van der Waals surface area contributed by atoms with Crippen LogP contribution in [0.2, 0.25) is 5.02 Å². The number of halogens is 1. The van der Waals surface area contributed by atoms with Gasteiger partial charge in [-0.25, -0.2) is 4.99 Å². The van der Waals surface area contributed by atoms with Gasteiger partial charge in [-0.15, -0.1) is 0 Å². The Balaban J connectivity index is 1.40. The SMILES string of the molecule is CC1=NC(SCC(=O)Nc2cccc3ccccc23)=C(C#N)[C@@H](c2ccccc2Cl)C1C(=O)OCc1ccccc1. The molecule has 0 aliphatic carbocycles. The molecule has 4 aromatic rings. The Morgan fingerprint density at radius 2 is 1.68 bits per heavy atom. The lowest BCUT2D eigenvalue weighted by molar-refractivity contribution is -0.147. The molecule has 0 radical (unpaired) electrons. The summed E-state index contributed by atoms with van der Waals surface area (Å²) >= 11 is 7.75. The molecule has 0 fully saturated rings. The fraction of sp³-hybridized carbons (Fsp3) is 0.152. The monoisotopic (exact) mass is 579 g/mol. The average molecular weight is 580 g/mol. The Morgan fingerprint density at radius 3 is 2.46 bits per heavy atom. The maximum Gasteiger partial charge on any atom is 0.316 e. The molecule has 1 aliphatic rings. The van der Waals surface area contributed by atoms with Crippen molar-refractivity contribution in [2.24, 2.45) is 10.9 Å². The highest BCUT2D eigenvalue weighted by Gasteiger charge is 2.41. The number of rotatable bonds is 8. The molecule has 0 aromatic heterocycles. The first-order valence-corrected chi connectivity index (χ1v) is 14.4. The van der Waals surface area contributed by atoms with Crippen molar-refractivity contribution < 1.29 is 14.3 Å².